The topological polar surface area (TPSA) is 244 Å². The number of phosphoric ester groups is 1. The molecule has 0 spiro atoms. The van der Waals surface area contributed by atoms with Crippen molar-refractivity contribution in [3.8, 4) is 0 Å². The molecule has 1 saturated heterocycles. The lowest BCUT2D eigenvalue weighted by atomic mass is 9.98. The van der Waals surface area contributed by atoms with Crippen molar-refractivity contribution >= 4 is 23.5 Å². The molecule has 5 atom stereocenters. The van der Waals surface area contributed by atoms with Crippen LogP contribution in [0.15, 0.2) is 15.8 Å². The van der Waals surface area contributed by atoms with E-state index in [1.165, 1.54) is 20.0 Å². The number of H-pyrrole nitrogens is 1. The van der Waals surface area contributed by atoms with E-state index in [9.17, 15) is 33.3 Å². The Kier molecular flexibility index (Phi) is 7.17. The Hall–Kier alpha value is -0.990. The molecule has 1 aliphatic heterocycles. The van der Waals surface area contributed by atoms with Crippen molar-refractivity contribution in [1.29, 1.82) is 0 Å². The molecule has 2 unspecified atom stereocenters. The molecular weight excluding hydrogens is 477 g/mol. The Morgan fingerprint density at radius 1 is 1.20 bits per heavy atom. The number of aryl methyl sites for hydroxylation is 1. The first-order valence-corrected chi connectivity index (χ1v) is 12.4. The van der Waals surface area contributed by atoms with Gasteiger partial charge in [-0.1, -0.05) is 0 Å². The average Bonchev–Trinajstić information content (AvgIpc) is 2.80. The lowest BCUT2D eigenvalue weighted by molar-refractivity contribution is -0.0738. The molecule has 0 aliphatic carbocycles. The zero-order chi connectivity index (χ0) is 23.1. The first-order valence-electron chi connectivity index (χ1n) is 7.89. The summed E-state index contributed by atoms with van der Waals surface area (Å²) >= 11 is 0. The maximum absolute atomic E-state index is 12.0. The molecule has 2 heterocycles. The molecule has 0 amide bonds. The van der Waals surface area contributed by atoms with Gasteiger partial charge in [-0.15, -0.1) is 0 Å². The number of aromatic amines is 1. The van der Waals surface area contributed by atoms with Gasteiger partial charge in [-0.3, -0.25) is 18.9 Å². The van der Waals surface area contributed by atoms with E-state index in [1.807, 2.05) is 4.98 Å². The summed E-state index contributed by atoms with van der Waals surface area (Å²) in [5.74, 6) is 0. The largest absolute Gasteiger partial charge is 0.490 e. The molecule has 0 radical (unpaired) electrons. The van der Waals surface area contributed by atoms with Crippen LogP contribution < -0.4 is 11.2 Å². The molecule has 1 fully saturated rings. The van der Waals surface area contributed by atoms with Crippen molar-refractivity contribution in [2.24, 2.45) is 0 Å². The van der Waals surface area contributed by atoms with Gasteiger partial charge in [0.15, 0.2) is 0 Å². The van der Waals surface area contributed by atoms with Crippen LogP contribution in [-0.2, 0) is 31.6 Å². The van der Waals surface area contributed by atoms with E-state index >= 15 is 0 Å². The number of phosphoric acid groups is 3. The highest BCUT2D eigenvalue weighted by molar-refractivity contribution is 7.66. The smallest absolute Gasteiger partial charge is 0.387 e. The Morgan fingerprint density at radius 3 is 2.37 bits per heavy atom. The number of rotatable bonds is 8. The van der Waals surface area contributed by atoms with Crippen molar-refractivity contribution in [3.05, 3.63) is 32.6 Å². The van der Waals surface area contributed by atoms with Gasteiger partial charge < -0.3 is 29.4 Å². The van der Waals surface area contributed by atoms with E-state index in [-0.39, 0.29) is 12.0 Å². The minimum absolute atomic E-state index is 0.176. The molecule has 0 bridgehead atoms. The second-order valence-corrected chi connectivity index (χ2v) is 10.9. The molecule has 1 aliphatic rings. The minimum atomic E-state index is -5.69. The molecule has 172 valence electrons. The van der Waals surface area contributed by atoms with Crippen molar-refractivity contribution < 1.29 is 56.3 Å². The van der Waals surface area contributed by atoms with E-state index in [0.29, 0.717) is 0 Å². The molecule has 0 aromatic carbocycles. The molecule has 19 heteroatoms. The standard InChI is InChI=1S/C11H19N2O14P3/c1-6-4-13(10(15)12-9(6)14)8-3-11(2,16)7(25-8)5-24-29(20,21)27-30(22,23)26-28(17,18)19/h4,7-8,16H,3,5H2,1-2H3,(H,20,21)(H,22,23)(H,12,14,15)(H2,17,18,19)/t7-,8-,11-/m1/s1. The van der Waals surface area contributed by atoms with Crippen LogP contribution >= 0.6 is 23.5 Å². The number of aliphatic hydroxyl groups is 1. The molecule has 1 aromatic heterocycles. The maximum atomic E-state index is 12.0. The predicted molar refractivity (Wildman–Crippen MR) is 95.0 cm³/mol. The Bertz CT molecular complexity index is 1060. The third-order valence-electron chi connectivity index (χ3n) is 3.86. The highest BCUT2D eigenvalue weighted by Crippen LogP contribution is 2.66. The van der Waals surface area contributed by atoms with Crippen LogP contribution in [0, 0.1) is 6.92 Å². The molecule has 6 N–H and O–H groups in total. The van der Waals surface area contributed by atoms with E-state index in [2.05, 4.69) is 13.1 Å². The molecule has 2 rings (SSSR count). The van der Waals surface area contributed by atoms with Gasteiger partial charge in [-0.2, -0.15) is 8.62 Å². The Morgan fingerprint density at radius 2 is 1.80 bits per heavy atom. The van der Waals surface area contributed by atoms with Crippen molar-refractivity contribution in [1.82, 2.24) is 9.55 Å². The van der Waals surface area contributed by atoms with Gasteiger partial charge in [0.25, 0.3) is 5.56 Å². The molecule has 0 saturated carbocycles. The average molecular weight is 496 g/mol. The first kappa shape index (κ1) is 25.3. The summed E-state index contributed by atoms with van der Waals surface area (Å²) in [6.45, 7) is 1.78. The quantitative estimate of drug-likeness (QED) is 0.242. The van der Waals surface area contributed by atoms with Crippen LogP contribution in [0.5, 0.6) is 0 Å². The van der Waals surface area contributed by atoms with Gasteiger partial charge in [0, 0.05) is 18.2 Å². The predicted octanol–water partition coefficient (Wildman–Crippen LogP) is -0.773. The van der Waals surface area contributed by atoms with Crippen LogP contribution in [-0.4, -0.2) is 52.5 Å². The summed E-state index contributed by atoms with van der Waals surface area (Å²) in [6, 6.07) is 0. The van der Waals surface area contributed by atoms with E-state index < -0.39 is 59.3 Å². The maximum Gasteiger partial charge on any atom is 0.490 e. The number of hydrogen-bond donors (Lipinski definition) is 6. The fraction of sp³-hybridized carbons (Fsp3) is 0.636. The summed E-state index contributed by atoms with van der Waals surface area (Å²) in [7, 11) is -16.6. The first-order chi connectivity index (χ1) is 13.4. The van der Waals surface area contributed by atoms with Gasteiger partial charge >= 0.3 is 29.2 Å². The third kappa shape index (κ3) is 6.76. The van der Waals surface area contributed by atoms with Crippen LogP contribution in [0.25, 0.3) is 0 Å². The van der Waals surface area contributed by atoms with Gasteiger partial charge in [0.2, 0.25) is 0 Å². The van der Waals surface area contributed by atoms with Crippen LogP contribution in [0.3, 0.4) is 0 Å². The second-order valence-electron chi connectivity index (χ2n) is 6.51. The fourth-order valence-corrected chi connectivity index (χ4v) is 5.54. The van der Waals surface area contributed by atoms with E-state index in [0.717, 1.165) is 4.57 Å². The summed E-state index contributed by atoms with van der Waals surface area (Å²) in [5, 5.41) is 10.4. The number of nitrogens with one attached hydrogen (secondary N) is 1. The second kappa shape index (κ2) is 8.51. The summed E-state index contributed by atoms with van der Waals surface area (Å²) < 4.78 is 51.7. The van der Waals surface area contributed by atoms with Gasteiger partial charge in [0.05, 0.1) is 12.2 Å². The molecular formula is C11H19N2O14P3. The summed E-state index contributed by atoms with van der Waals surface area (Å²) in [6.07, 6.45) is -1.47. The highest BCUT2D eigenvalue weighted by Gasteiger charge is 2.47. The van der Waals surface area contributed by atoms with Gasteiger partial charge in [-0.05, 0) is 13.8 Å². The number of aromatic nitrogens is 2. The number of hydrogen-bond acceptors (Lipinski definition) is 10. The normalized spacial score (nSPS) is 28.8. The third-order valence-corrected chi connectivity index (χ3v) is 7.67. The monoisotopic (exact) mass is 496 g/mol. The Labute approximate surface area is 167 Å². The van der Waals surface area contributed by atoms with Crippen molar-refractivity contribution in [2.75, 3.05) is 6.61 Å². The Balaban J connectivity index is 2.10. The zero-order valence-corrected chi connectivity index (χ0v) is 18.0. The van der Waals surface area contributed by atoms with Crippen LogP contribution in [0.1, 0.15) is 25.1 Å². The van der Waals surface area contributed by atoms with E-state index in [4.69, 9.17) is 19.4 Å². The lowest BCUT2D eigenvalue weighted by Crippen LogP contribution is -2.37. The van der Waals surface area contributed by atoms with Crippen LogP contribution in [0.4, 0.5) is 0 Å². The van der Waals surface area contributed by atoms with E-state index in [1.54, 1.807) is 0 Å². The SMILES string of the molecule is Cc1cn([C@H]2C[C@@](C)(O)[C@@H](COP(=O)(O)OP(=O)(O)OP(=O)(O)O)O2)c(=O)[nH]c1=O. The fourth-order valence-electron chi connectivity index (χ4n) is 2.52. The van der Waals surface area contributed by atoms with Crippen molar-refractivity contribution in [2.45, 2.75) is 38.2 Å². The number of nitrogens with zero attached hydrogens (tertiary/aromatic N) is 1. The minimum Gasteiger partial charge on any atom is -0.387 e. The molecule has 1 aromatic rings. The summed E-state index contributed by atoms with van der Waals surface area (Å²) in [5.41, 5.74) is -3.00. The van der Waals surface area contributed by atoms with Crippen LogP contribution in [0.2, 0.25) is 0 Å². The van der Waals surface area contributed by atoms with Gasteiger partial charge in [-0.25, -0.2) is 18.5 Å². The van der Waals surface area contributed by atoms with Gasteiger partial charge in [0.1, 0.15) is 12.3 Å². The molecule has 30 heavy (non-hydrogen) atoms. The summed E-state index contributed by atoms with van der Waals surface area (Å²) in [4.78, 5) is 61.0. The zero-order valence-electron chi connectivity index (χ0n) is 15.3. The van der Waals surface area contributed by atoms with Crippen molar-refractivity contribution in [3.63, 3.8) is 0 Å². The number of ether oxygens (including phenoxy) is 1. The highest BCUT2D eigenvalue weighted by atomic mass is 31.3. The lowest BCUT2D eigenvalue weighted by Gasteiger charge is -2.24. The molecule has 16 nitrogen and oxygen atoms in total.